The molecule has 2 amide bonds. The fraction of sp³-hybridized carbons (Fsp3) is 0.630. The fourth-order valence-electron chi connectivity index (χ4n) is 5.59. The van der Waals surface area contributed by atoms with Crippen molar-refractivity contribution in [3.63, 3.8) is 0 Å². The highest BCUT2D eigenvalue weighted by molar-refractivity contribution is 7.99. The van der Waals surface area contributed by atoms with Crippen LogP contribution in [-0.4, -0.2) is 67.0 Å². The molecule has 2 aromatic rings. The van der Waals surface area contributed by atoms with Crippen LogP contribution in [0.25, 0.3) is 0 Å². The van der Waals surface area contributed by atoms with Gasteiger partial charge in [0.2, 0.25) is 11.8 Å². The molecule has 11 heteroatoms. The van der Waals surface area contributed by atoms with Crippen LogP contribution in [0.3, 0.4) is 0 Å². The normalized spacial score (nSPS) is 25.4. The first-order valence-corrected chi connectivity index (χ1v) is 15.2. The van der Waals surface area contributed by atoms with Crippen LogP contribution in [-0.2, 0) is 9.59 Å². The van der Waals surface area contributed by atoms with Crippen molar-refractivity contribution < 1.29 is 14.7 Å². The Morgan fingerprint density at radius 1 is 1.21 bits per heavy atom. The molecule has 1 aliphatic carbocycles. The minimum atomic E-state index is -0.803. The first-order chi connectivity index (χ1) is 18.0. The Morgan fingerprint density at radius 2 is 1.97 bits per heavy atom. The fourth-order valence-corrected chi connectivity index (χ4v) is 7.31. The second kappa shape index (κ2) is 11.0. The predicted octanol–water partition coefficient (Wildman–Crippen LogP) is 4.62. The van der Waals surface area contributed by atoms with Crippen molar-refractivity contribution in [1.29, 1.82) is 0 Å². The van der Waals surface area contributed by atoms with Gasteiger partial charge in [0, 0.05) is 35.1 Å². The molecule has 1 saturated carbocycles. The standard InChI is InChI=1S/C27H35Cl2N5O3S/c1-27(2,3)24(34-13-21(31-32-34)15-4-5-15)26(37)33-12-18(35)11-22(33)25(36)30-23(16-8-9-38-14-16)19-10-17(28)6-7-20(19)29/h6-7,10,13,15-16,18,22-24,35H,4-5,8-9,11-12,14H2,1-3H3,(H,30,36). The van der Waals surface area contributed by atoms with Crippen LogP contribution in [0.4, 0.5) is 0 Å². The van der Waals surface area contributed by atoms with Crippen molar-refractivity contribution >= 4 is 46.8 Å². The highest BCUT2D eigenvalue weighted by Gasteiger charge is 2.46. The van der Waals surface area contributed by atoms with Crippen molar-refractivity contribution in [1.82, 2.24) is 25.2 Å². The summed E-state index contributed by atoms with van der Waals surface area (Å²) in [4.78, 5) is 29.4. The number of benzene rings is 1. The van der Waals surface area contributed by atoms with E-state index in [1.165, 1.54) is 4.90 Å². The van der Waals surface area contributed by atoms with Crippen LogP contribution < -0.4 is 5.32 Å². The third kappa shape index (κ3) is 5.86. The van der Waals surface area contributed by atoms with E-state index in [1.54, 1.807) is 16.8 Å². The minimum absolute atomic E-state index is 0.0928. The number of hydrogen-bond acceptors (Lipinski definition) is 6. The van der Waals surface area contributed by atoms with Gasteiger partial charge in [-0.3, -0.25) is 9.59 Å². The molecular formula is C27H35Cl2N5O3S. The van der Waals surface area contributed by atoms with Gasteiger partial charge in [-0.05, 0) is 65.9 Å². The van der Waals surface area contributed by atoms with Gasteiger partial charge in [0.1, 0.15) is 12.1 Å². The Kier molecular flexibility index (Phi) is 8.02. The van der Waals surface area contributed by atoms with E-state index < -0.39 is 23.6 Å². The molecule has 8 nitrogen and oxygen atoms in total. The lowest BCUT2D eigenvalue weighted by Crippen LogP contribution is -2.51. The van der Waals surface area contributed by atoms with Crippen LogP contribution in [0.2, 0.25) is 10.0 Å². The number of β-amino-alcohol motifs (C(OH)–C–C–N with tert-alkyl or cyclic N) is 1. The molecule has 3 heterocycles. The second-order valence-electron chi connectivity index (χ2n) is 11.8. The Balaban J connectivity index is 1.40. The smallest absolute Gasteiger partial charge is 0.248 e. The first-order valence-electron chi connectivity index (χ1n) is 13.3. The molecule has 0 bridgehead atoms. The van der Waals surface area contributed by atoms with Crippen molar-refractivity contribution in [3.05, 3.63) is 45.7 Å². The Labute approximate surface area is 237 Å². The van der Waals surface area contributed by atoms with Crippen LogP contribution in [0.5, 0.6) is 0 Å². The number of hydrogen-bond donors (Lipinski definition) is 2. The number of aromatic nitrogens is 3. The summed E-state index contributed by atoms with van der Waals surface area (Å²) in [5.74, 6) is 1.97. The molecular weight excluding hydrogens is 545 g/mol. The zero-order chi connectivity index (χ0) is 27.2. The van der Waals surface area contributed by atoms with Gasteiger partial charge in [-0.25, -0.2) is 4.68 Å². The third-order valence-electron chi connectivity index (χ3n) is 7.73. The second-order valence-corrected chi connectivity index (χ2v) is 13.8. The molecule has 5 unspecified atom stereocenters. The van der Waals surface area contributed by atoms with Crippen LogP contribution in [0.1, 0.15) is 75.7 Å². The van der Waals surface area contributed by atoms with Gasteiger partial charge in [0.25, 0.3) is 0 Å². The summed E-state index contributed by atoms with van der Waals surface area (Å²) in [6.45, 7) is 6.02. The highest BCUT2D eigenvalue weighted by Crippen LogP contribution is 2.41. The van der Waals surface area contributed by atoms with Gasteiger partial charge in [-0.15, -0.1) is 5.10 Å². The molecule has 38 heavy (non-hydrogen) atoms. The maximum atomic E-state index is 14.1. The molecule has 2 saturated heterocycles. The molecule has 0 spiro atoms. The number of aliphatic hydroxyl groups is 1. The zero-order valence-electron chi connectivity index (χ0n) is 21.9. The molecule has 1 aromatic heterocycles. The van der Waals surface area contributed by atoms with E-state index in [0.29, 0.717) is 16.0 Å². The maximum Gasteiger partial charge on any atom is 0.248 e. The summed E-state index contributed by atoms with van der Waals surface area (Å²) < 4.78 is 1.64. The highest BCUT2D eigenvalue weighted by atomic mass is 35.5. The topological polar surface area (TPSA) is 100 Å². The maximum absolute atomic E-state index is 14.1. The molecule has 206 valence electrons. The van der Waals surface area contributed by atoms with Crippen LogP contribution >= 0.6 is 35.0 Å². The van der Waals surface area contributed by atoms with E-state index in [1.807, 2.05) is 44.8 Å². The molecule has 2 aliphatic heterocycles. The number of carbonyl (C=O) groups is 2. The number of halogens is 2. The first kappa shape index (κ1) is 27.7. The zero-order valence-corrected chi connectivity index (χ0v) is 24.3. The lowest BCUT2D eigenvalue weighted by molar-refractivity contribution is -0.144. The Hall–Kier alpha value is -1.81. The molecule has 1 aromatic carbocycles. The van der Waals surface area contributed by atoms with E-state index in [9.17, 15) is 14.7 Å². The summed E-state index contributed by atoms with van der Waals surface area (Å²) in [6, 6.07) is 3.48. The minimum Gasteiger partial charge on any atom is -0.391 e. The van der Waals surface area contributed by atoms with Gasteiger partial charge in [0.15, 0.2) is 0 Å². The van der Waals surface area contributed by atoms with E-state index in [0.717, 1.165) is 42.0 Å². The number of nitrogens with zero attached hydrogens (tertiary/aromatic N) is 4. The molecule has 3 fully saturated rings. The summed E-state index contributed by atoms with van der Waals surface area (Å²) in [5.41, 5.74) is 1.19. The molecule has 5 atom stereocenters. The lowest BCUT2D eigenvalue weighted by Gasteiger charge is -2.35. The SMILES string of the molecule is CC(C)(C)C(C(=O)N1CC(O)CC1C(=O)NC(c1cc(Cl)ccc1Cl)C1CCSC1)n1cc(C2CC2)nn1. The number of nitrogens with one attached hydrogen (secondary N) is 1. The average molecular weight is 581 g/mol. The van der Waals surface area contributed by atoms with Gasteiger partial charge >= 0.3 is 0 Å². The number of likely N-dealkylation sites (tertiary alicyclic amines) is 1. The summed E-state index contributed by atoms with van der Waals surface area (Å²) in [7, 11) is 0. The summed E-state index contributed by atoms with van der Waals surface area (Å²) in [5, 5.41) is 23.5. The summed E-state index contributed by atoms with van der Waals surface area (Å²) >= 11 is 14.7. The number of carbonyl (C=O) groups excluding carboxylic acids is 2. The van der Waals surface area contributed by atoms with Gasteiger partial charge < -0.3 is 15.3 Å². The van der Waals surface area contributed by atoms with E-state index in [2.05, 4.69) is 15.6 Å². The number of thioether (sulfide) groups is 1. The monoisotopic (exact) mass is 579 g/mol. The number of aliphatic hydroxyl groups excluding tert-OH is 1. The quantitative estimate of drug-likeness (QED) is 0.496. The lowest BCUT2D eigenvalue weighted by atomic mass is 9.85. The Bertz CT molecular complexity index is 1190. The van der Waals surface area contributed by atoms with Crippen molar-refractivity contribution in [2.24, 2.45) is 11.3 Å². The van der Waals surface area contributed by atoms with Gasteiger partial charge in [-0.1, -0.05) is 49.2 Å². The van der Waals surface area contributed by atoms with Crippen LogP contribution in [0, 0.1) is 11.3 Å². The van der Waals surface area contributed by atoms with Crippen LogP contribution in [0.15, 0.2) is 24.4 Å². The molecule has 2 N–H and O–H groups in total. The molecule has 3 aliphatic rings. The predicted molar refractivity (Wildman–Crippen MR) is 149 cm³/mol. The van der Waals surface area contributed by atoms with Gasteiger partial charge in [-0.2, -0.15) is 11.8 Å². The number of amides is 2. The van der Waals surface area contributed by atoms with Gasteiger partial charge in [0.05, 0.1) is 17.8 Å². The van der Waals surface area contributed by atoms with Crippen molar-refractivity contribution in [2.75, 3.05) is 18.1 Å². The van der Waals surface area contributed by atoms with Crippen molar-refractivity contribution in [3.8, 4) is 0 Å². The molecule has 5 rings (SSSR count). The molecule has 0 radical (unpaired) electrons. The summed E-state index contributed by atoms with van der Waals surface area (Å²) in [6.07, 6.45) is 4.37. The third-order valence-corrected chi connectivity index (χ3v) is 9.50. The van der Waals surface area contributed by atoms with E-state index >= 15 is 0 Å². The van der Waals surface area contributed by atoms with E-state index in [-0.39, 0.29) is 36.7 Å². The van der Waals surface area contributed by atoms with E-state index in [4.69, 9.17) is 23.2 Å². The Morgan fingerprint density at radius 3 is 2.63 bits per heavy atom. The average Bonchev–Trinajstić information content (AvgIpc) is 3.22. The van der Waals surface area contributed by atoms with Crippen molar-refractivity contribution in [2.45, 2.75) is 76.6 Å². The largest absolute Gasteiger partial charge is 0.391 e. The number of rotatable bonds is 7.